The SMILES string of the molecule is O=C([O-])[C@H](O)[C@H](O)[C@H](O)[C@@H](O)[C@H](O)CO.[K+]. The maximum atomic E-state index is 10.1. The third kappa shape index (κ3) is 5.47. The summed E-state index contributed by atoms with van der Waals surface area (Å²) in [6.07, 6.45) is -10.5. The van der Waals surface area contributed by atoms with Crippen LogP contribution < -0.4 is 56.5 Å². The third-order valence-corrected chi connectivity index (χ3v) is 1.85. The largest absolute Gasteiger partial charge is 1.00 e. The van der Waals surface area contributed by atoms with Crippen molar-refractivity contribution in [2.45, 2.75) is 30.5 Å². The fourth-order valence-electron chi connectivity index (χ4n) is 0.864. The van der Waals surface area contributed by atoms with Crippen LogP contribution in [-0.2, 0) is 4.79 Å². The van der Waals surface area contributed by atoms with E-state index < -0.39 is 43.1 Å². The molecular formula is C7H13KO8. The Morgan fingerprint density at radius 1 is 1.00 bits per heavy atom. The van der Waals surface area contributed by atoms with Gasteiger partial charge in [-0.25, -0.2) is 0 Å². The number of carbonyl (C=O) groups is 1. The van der Waals surface area contributed by atoms with E-state index in [9.17, 15) is 9.90 Å². The Balaban J connectivity index is 0. The molecule has 0 amide bonds. The first-order chi connectivity index (χ1) is 6.82. The van der Waals surface area contributed by atoms with Crippen molar-refractivity contribution in [1.82, 2.24) is 0 Å². The van der Waals surface area contributed by atoms with Crippen molar-refractivity contribution in [3.63, 3.8) is 0 Å². The van der Waals surface area contributed by atoms with Gasteiger partial charge in [-0.1, -0.05) is 0 Å². The Labute approximate surface area is 134 Å². The fraction of sp³-hybridized carbons (Fsp3) is 0.857. The molecule has 16 heavy (non-hydrogen) atoms. The number of aliphatic carboxylic acids is 1. The zero-order valence-electron chi connectivity index (χ0n) is 8.59. The van der Waals surface area contributed by atoms with Crippen molar-refractivity contribution in [2.75, 3.05) is 6.61 Å². The normalized spacial score (nSPS) is 20.1. The molecule has 0 aliphatic rings. The van der Waals surface area contributed by atoms with Gasteiger partial charge in [-0.2, -0.15) is 0 Å². The van der Waals surface area contributed by atoms with Gasteiger partial charge in [0.2, 0.25) is 0 Å². The summed E-state index contributed by atoms with van der Waals surface area (Å²) in [6.45, 7) is -0.896. The second-order valence-corrected chi connectivity index (χ2v) is 2.99. The Morgan fingerprint density at radius 3 is 1.75 bits per heavy atom. The van der Waals surface area contributed by atoms with Crippen molar-refractivity contribution in [3.05, 3.63) is 0 Å². The average molecular weight is 264 g/mol. The van der Waals surface area contributed by atoms with Gasteiger partial charge >= 0.3 is 51.4 Å². The van der Waals surface area contributed by atoms with E-state index in [2.05, 4.69) is 0 Å². The van der Waals surface area contributed by atoms with Gasteiger partial charge < -0.3 is 40.5 Å². The minimum atomic E-state index is -2.40. The fourth-order valence-corrected chi connectivity index (χ4v) is 0.864. The number of hydrogen-bond acceptors (Lipinski definition) is 8. The molecule has 8 nitrogen and oxygen atoms in total. The van der Waals surface area contributed by atoms with Crippen LogP contribution in [0.3, 0.4) is 0 Å². The summed E-state index contributed by atoms with van der Waals surface area (Å²) >= 11 is 0. The summed E-state index contributed by atoms with van der Waals surface area (Å²) in [4.78, 5) is 10.1. The molecule has 5 atom stereocenters. The molecule has 0 aliphatic carbocycles. The Bertz CT molecular complexity index is 213. The molecule has 0 bridgehead atoms. The number of carbonyl (C=O) groups excluding carboxylic acids is 1. The van der Waals surface area contributed by atoms with Crippen molar-refractivity contribution in [3.8, 4) is 0 Å². The zero-order chi connectivity index (χ0) is 12.2. The topological polar surface area (TPSA) is 162 Å². The molecule has 90 valence electrons. The molecule has 0 aliphatic heterocycles. The zero-order valence-corrected chi connectivity index (χ0v) is 11.7. The Hall–Kier alpha value is 0.866. The minimum absolute atomic E-state index is 0. The van der Waals surface area contributed by atoms with E-state index in [0.717, 1.165) is 0 Å². The van der Waals surface area contributed by atoms with Gasteiger partial charge in [0.05, 0.1) is 12.6 Å². The second-order valence-electron chi connectivity index (χ2n) is 2.99. The van der Waals surface area contributed by atoms with E-state index in [1.165, 1.54) is 0 Å². The predicted molar refractivity (Wildman–Crippen MR) is 42.1 cm³/mol. The van der Waals surface area contributed by atoms with Gasteiger partial charge in [-0.3, -0.25) is 0 Å². The van der Waals surface area contributed by atoms with E-state index in [1.807, 2.05) is 0 Å². The quantitative estimate of drug-likeness (QED) is 0.258. The number of aliphatic hydroxyl groups excluding tert-OH is 6. The van der Waals surface area contributed by atoms with Gasteiger partial charge in [0.25, 0.3) is 0 Å². The smallest absolute Gasteiger partial charge is 0.547 e. The van der Waals surface area contributed by atoms with Gasteiger partial charge in [0.15, 0.2) is 0 Å². The Kier molecular flexibility index (Phi) is 10.7. The molecule has 0 aromatic carbocycles. The van der Waals surface area contributed by atoms with E-state index in [-0.39, 0.29) is 51.4 Å². The number of carboxylic acid groups (broad SMARTS) is 1. The molecule has 0 aromatic rings. The van der Waals surface area contributed by atoms with Crippen molar-refractivity contribution >= 4 is 5.97 Å². The molecule has 0 rings (SSSR count). The molecule has 6 N–H and O–H groups in total. The van der Waals surface area contributed by atoms with Crippen molar-refractivity contribution < 1.29 is 91.9 Å². The molecule has 0 saturated heterocycles. The van der Waals surface area contributed by atoms with Gasteiger partial charge in [0, 0.05) is 0 Å². The van der Waals surface area contributed by atoms with E-state index in [1.54, 1.807) is 0 Å². The van der Waals surface area contributed by atoms with Crippen LogP contribution in [0, 0.1) is 0 Å². The minimum Gasteiger partial charge on any atom is -0.547 e. The first kappa shape index (κ1) is 19.2. The molecule has 9 heteroatoms. The number of rotatable bonds is 6. The van der Waals surface area contributed by atoms with Crippen LogP contribution in [0.5, 0.6) is 0 Å². The molecular weight excluding hydrogens is 251 g/mol. The van der Waals surface area contributed by atoms with E-state index in [4.69, 9.17) is 30.6 Å². The van der Waals surface area contributed by atoms with Crippen molar-refractivity contribution in [1.29, 1.82) is 0 Å². The Morgan fingerprint density at radius 2 is 1.44 bits per heavy atom. The number of aliphatic hydroxyl groups is 6. The predicted octanol–water partition coefficient (Wildman–Crippen LogP) is -8.46. The molecule has 0 saturated carbocycles. The summed E-state index contributed by atoms with van der Waals surface area (Å²) in [5, 5.41) is 63.2. The van der Waals surface area contributed by atoms with Gasteiger partial charge in [-0.05, 0) is 0 Å². The maximum absolute atomic E-state index is 10.1. The molecule has 0 heterocycles. The third-order valence-electron chi connectivity index (χ3n) is 1.85. The van der Waals surface area contributed by atoms with Crippen LogP contribution in [-0.4, -0.2) is 73.7 Å². The van der Waals surface area contributed by atoms with E-state index >= 15 is 0 Å². The molecule has 0 radical (unpaired) electrons. The average Bonchev–Trinajstić information content (AvgIpc) is 2.23. The summed E-state index contributed by atoms with van der Waals surface area (Å²) in [7, 11) is 0. The molecule has 0 unspecified atom stereocenters. The number of hydrogen-bond donors (Lipinski definition) is 6. The van der Waals surface area contributed by atoms with E-state index in [0.29, 0.717) is 0 Å². The van der Waals surface area contributed by atoms with Crippen molar-refractivity contribution in [2.24, 2.45) is 0 Å². The van der Waals surface area contributed by atoms with Crippen LogP contribution in [0.1, 0.15) is 0 Å². The van der Waals surface area contributed by atoms with Crippen LogP contribution in [0.25, 0.3) is 0 Å². The van der Waals surface area contributed by atoms with Crippen LogP contribution in [0.15, 0.2) is 0 Å². The summed E-state index contributed by atoms with van der Waals surface area (Å²) in [5.74, 6) is -2.03. The first-order valence-electron chi connectivity index (χ1n) is 4.05. The standard InChI is InChI=1S/C7H14O8.K/c8-1-2(9)3(10)4(11)5(12)6(13)7(14)15;/h2-6,8-13H,1H2,(H,14,15);/q;+1/p-1/t2-,3+,4-,5-,6-;/m1./s1. The second kappa shape index (κ2) is 8.88. The van der Waals surface area contributed by atoms with Gasteiger partial charge in [-0.15, -0.1) is 0 Å². The van der Waals surface area contributed by atoms with Gasteiger partial charge in [0.1, 0.15) is 30.5 Å². The summed E-state index contributed by atoms with van der Waals surface area (Å²) in [5.41, 5.74) is 0. The number of carboxylic acids is 1. The van der Waals surface area contributed by atoms with Crippen LogP contribution in [0.2, 0.25) is 0 Å². The monoisotopic (exact) mass is 264 g/mol. The maximum Gasteiger partial charge on any atom is 1.00 e. The molecule has 0 spiro atoms. The molecule has 0 fully saturated rings. The van der Waals surface area contributed by atoms with Crippen LogP contribution >= 0.6 is 0 Å². The first-order valence-corrected chi connectivity index (χ1v) is 4.05. The summed E-state index contributed by atoms with van der Waals surface area (Å²) in [6, 6.07) is 0. The molecule has 0 aromatic heterocycles. The summed E-state index contributed by atoms with van der Waals surface area (Å²) < 4.78 is 0. The van der Waals surface area contributed by atoms with Crippen LogP contribution in [0.4, 0.5) is 0 Å².